The summed E-state index contributed by atoms with van der Waals surface area (Å²) in [6, 6.07) is 15.3. The maximum atomic E-state index is 10.6. The average Bonchev–Trinajstić information content (AvgIpc) is 3.29. The number of aromatic nitrogens is 2. The van der Waals surface area contributed by atoms with E-state index in [4.69, 9.17) is 37.9 Å². The Kier molecular flexibility index (Phi) is 21.5. The van der Waals surface area contributed by atoms with Crippen LogP contribution in [0.15, 0.2) is 73.3 Å². The summed E-state index contributed by atoms with van der Waals surface area (Å²) in [6.45, 7) is 12.4. The zero-order chi connectivity index (χ0) is 44.6. The van der Waals surface area contributed by atoms with Crippen LogP contribution in [0.3, 0.4) is 0 Å². The second kappa shape index (κ2) is 26.2. The molecular weight excluding hydrogens is 859 g/mol. The summed E-state index contributed by atoms with van der Waals surface area (Å²) in [5, 5.41) is 24.3. The summed E-state index contributed by atoms with van der Waals surface area (Å²) >= 11 is 0. The molecule has 6 rings (SSSR count). The molecule has 0 spiro atoms. The molecule has 0 amide bonds. The van der Waals surface area contributed by atoms with Gasteiger partial charge in [-0.05, 0) is 108 Å². The van der Waals surface area contributed by atoms with Crippen molar-refractivity contribution in [2.75, 3.05) is 54.9 Å². The van der Waals surface area contributed by atoms with Gasteiger partial charge in [0.2, 0.25) is 11.5 Å². The third-order valence-corrected chi connectivity index (χ3v) is 10.7. The van der Waals surface area contributed by atoms with Crippen molar-refractivity contribution in [1.29, 1.82) is 0 Å². The van der Waals surface area contributed by atoms with Crippen LogP contribution in [-0.4, -0.2) is 75.0 Å². The monoisotopic (exact) mass is 922 g/mol. The van der Waals surface area contributed by atoms with Gasteiger partial charge >= 0.3 is 0 Å². The van der Waals surface area contributed by atoms with Crippen LogP contribution >= 0.6 is 24.8 Å². The van der Waals surface area contributed by atoms with Gasteiger partial charge in [-0.2, -0.15) is 0 Å². The lowest BCUT2D eigenvalue weighted by Crippen LogP contribution is -2.11. The fourth-order valence-electron chi connectivity index (χ4n) is 7.21. The van der Waals surface area contributed by atoms with Crippen LogP contribution in [0.1, 0.15) is 82.6 Å². The smallest absolute Gasteiger partial charge is 0.203 e. The first-order chi connectivity index (χ1) is 30.2. The zero-order valence-electron chi connectivity index (χ0n) is 38.4. The van der Waals surface area contributed by atoms with Crippen molar-refractivity contribution in [2.24, 2.45) is 5.92 Å². The summed E-state index contributed by atoms with van der Waals surface area (Å²) in [7, 11) is 6.51. The Morgan fingerprint density at radius 1 is 0.500 bits per heavy atom. The normalized spacial score (nSPS) is 10.6. The molecule has 4 aromatic carbocycles. The summed E-state index contributed by atoms with van der Waals surface area (Å²) in [4.78, 5) is 8.66. The second-order valence-corrected chi connectivity index (χ2v) is 14.7. The minimum absolute atomic E-state index is 0. The van der Waals surface area contributed by atoms with Gasteiger partial charge in [0.05, 0.1) is 54.9 Å². The van der Waals surface area contributed by atoms with Crippen LogP contribution in [0.25, 0.3) is 21.5 Å². The van der Waals surface area contributed by atoms with Crippen molar-refractivity contribution in [3.8, 4) is 57.5 Å². The first kappa shape index (κ1) is 52.6. The molecule has 14 heteroatoms. The van der Waals surface area contributed by atoms with E-state index in [1.54, 1.807) is 53.0 Å². The number of phenolic OH excluding ortho intramolecular Hbond substituents is 2. The van der Waals surface area contributed by atoms with Gasteiger partial charge in [-0.15, -0.1) is 24.8 Å². The van der Waals surface area contributed by atoms with E-state index < -0.39 is 0 Å². The lowest BCUT2D eigenvalue weighted by atomic mass is 9.99. The first-order valence-electron chi connectivity index (χ1n) is 21.4. The maximum absolute atomic E-state index is 10.6. The highest BCUT2D eigenvalue weighted by Gasteiger charge is 2.19. The Morgan fingerprint density at radius 3 is 1.27 bits per heavy atom. The molecule has 0 atom stereocenters. The summed E-state index contributed by atoms with van der Waals surface area (Å²) in [5.41, 5.74) is 3.95. The Bertz CT molecular complexity index is 2340. The second-order valence-electron chi connectivity index (χ2n) is 14.7. The number of aromatic hydroxyl groups is 2. The van der Waals surface area contributed by atoms with E-state index in [1.807, 2.05) is 62.6 Å². The molecule has 0 saturated heterocycles. The molecule has 64 heavy (non-hydrogen) atoms. The number of hydrogen-bond donors (Lipinski definition) is 2. The van der Waals surface area contributed by atoms with E-state index in [9.17, 15) is 10.2 Å². The zero-order valence-corrected chi connectivity index (χ0v) is 40.1. The number of pyridine rings is 2. The predicted octanol–water partition coefficient (Wildman–Crippen LogP) is 11.7. The van der Waals surface area contributed by atoms with E-state index >= 15 is 0 Å². The Labute approximate surface area is 390 Å². The van der Waals surface area contributed by atoms with Crippen molar-refractivity contribution in [3.05, 3.63) is 95.6 Å². The molecule has 12 nitrogen and oxygen atoms in total. The summed E-state index contributed by atoms with van der Waals surface area (Å²) in [6.07, 6.45) is 12.3. The van der Waals surface area contributed by atoms with Gasteiger partial charge < -0.3 is 48.1 Å². The SMILES string of the molecule is CCCCOc1c(OC)cc(Cc2cncc3c(O)c(OCC)ccc23)cc1OC.CCOc1ccc2c(Cc3cc(OC)c(OCC(CC)CC)c(OC)c3)cncc2c1O.Cl.Cl. The molecule has 0 bridgehead atoms. The molecule has 0 aliphatic rings. The Balaban J connectivity index is 0.000000331. The quantitative estimate of drug-likeness (QED) is 0.0664. The minimum atomic E-state index is 0. The van der Waals surface area contributed by atoms with E-state index in [2.05, 4.69) is 30.7 Å². The number of nitrogens with zero attached hydrogens (tertiary/aromatic N) is 2. The number of unbranched alkanes of at least 4 members (excludes halogenated alkanes) is 1. The lowest BCUT2D eigenvalue weighted by molar-refractivity contribution is 0.220. The molecule has 348 valence electrons. The standard InChI is InChI=1S/C26H33NO5.C24H29NO5.2ClH/c1-6-17(7-2)16-32-26-23(29-4)12-18(13-24(26)30-5)11-19-14-27-15-21-20(19)9-10-22(25(21)28)31-8-3;1-5-7-10-30-24-21(27-3)12-16(13-22(24)28-4)11-17-14-25-15-19-18(17)8-9-20(23(19)26)29-6-2;;/h9-10,12-15,17,28H,6-8,11,16H2,1-5H3;8-9,12-15,26H,5-7,10-11H2,1-4H3;2*1H. The van der Waals surface area contributed by atoms with Gasteiger partial charge in [-0.3, -0.25) is 9.97 Å². The molecule has 0 unspecified atom stereocenters. The molecule has 2 heterocycles. The predicted molar refractivity (Wildman–Crippen MR) is 258 cm³/mol. The third kappa shape index (κ3) is 12.7. The number of benzene rings is 4. The van der Waals surface area contributed by atoms with Crippen LogP contribution in [0.4, 0.5) is 0 Å². The van der Waals surface area contributed by atoms with Crippen molar-refractivity contribution in [2.45, 2.75) is 73.1 Å². The van der Waals surface area contributed by atoms with Gasteiger partial charge in [-0.1, -0.05) is 52.2 Å². The summed E-state index contributed by atoms with van der Waals surface area (Å²) < 4.78 is 45.4. The van der Waals surface area contributed by atoms with E-state index in [-0.39, 0.29) is 36.3 Å². The number of phenols is 2. The fourth-order valence-corrected chi connectivity index (χ4v) is 7.21. The van der Waals surface area contributed by atoms with Gasteiger partial charge in [0.1, 0.15) is 0 Å². The molecule has 6 aromatic rings. The first-order valence-corrected chi connectivity index (χ1v) is 21.4. The molecular formula is C50H64Cl2N2O10. The molecule has 0 radical (unpaired) electrons. The number of hydrogen-bond acceptors (Lipinski definition) is 12. The van der Waals surface area contributed by atoms with Crippen LogP contribution in [0, 0.1) is 5.92 Å². The van der Waals surface area contributed by atoms with Gasteiger partial charge in [0.15, 0.2) is 46.0 Å². The lowest BCUT2D eigenvalue weighted by Gasteiger charge is -2.19. The summed E-state index contributed by atoms with van der Waals surface area (Å²) in [5.74, 6) is 5.41. The van der Waals surface area contributed by atoms with E-state index in [0.29, 0.717) is 102 Å². The number of rotatable bonds is 21. The molecule has 0 fully saturated rings. The van der Waals surface area contributed by atoms with Crippen molar-refractivity contribution in [3.63, 3.8) is 0 Å². The van der Waals surface area contributed by atoms with Crippen molar-refractivity contribution in [1.82, 2.24) is 9.97 Å². The molecule has 2 aromatic heterocycles. The maximum Gasteiger partial charge on any atom is 0.203 e. The Morgan fingerprint density at radius 2 is 0.906 bits per heavy atom. The largest absolute Gasteiger partial charge is 0.504 e. The molecule has 0 saturated carbocycles. The number of methoxy groups -OCH3 is 4. The average molecular weight is 924 g/mol. The molecule has 0 aliphatic carbocycles. The fraction of sp³-hybridized carbons (Fsp3) is 0.400. The topological polar surface area (TPSA) is 140 Å². The minimum Gasteiger partial charge on any atom is -0.504 e. The van der Waals surface area contributed by atoms with Crippen LogP contribution in [0.2, 0.25) is 0 Å². The van der Waals surface area contributed by atoms with E-state index in [0.717, 1.165) is 58.7 Å². The van der Waals surface area contributed by atoms with E-state index in [1.165, 1.54) is 0 Å². The van der Waals surface area contributed by atoms with Crippen LogP contribution < -0.4 is 37.9 Å². The van der Waals surface area contributed by atoms with Crippen LogP contribution in [-0.2, 0) is 12.8 Å². The van der Waals surface area contributed by atoms with Crippen molar-refractivity contribution < 1.29 is 48.1 Å². The number of fused-ring (bicyclic) bond motifs is 2. The van der Waals surface area contributed by atoms with Gasteiger partial charge in [0.25, 0.3) is 0 Å². The number of halogens is 2. The van der Waals surface area contributed by atoms with Gasteiger partial charge in [-0.25, -0.2) is 0 Å². The van der Waals surface area contributed by atoms with Crippen LogP contribution in [0.5, 0.6) is 57.5 Å². The highest BCUT2D eigenvalue weighted by Crippen LogP contribution is 2.43. The molecule has 2 N–H and O–H groups in total. The highest BCUT2D eigenvalue weighted by atomic mass is 35.5. The Hall–Kier alpha value is -5.72. The van der Waals surface area contributed by atoms with Gasteiger partial charge in [0, 0.05) is 35.6 Å². The molecule has 0 aliphatic heterocycles. The highest BCUT2D eigenvalue weighted by molar-refractivity contribution is 5.93. The number of ether oxygens (including phenoxy) is 8. The van der Waals surface area contributed by atoms with Crippen molar-refractivity contribution >= 4 is 46.4 Å². The third-order valence-electron chi connectivity index (χ3n) is 10.7.